The molecule has 0 unspecified atom stereocenters. The number of imidazole rings is 1. The molecule has 0 atom stereocenters. The lowest BCUT2D eigenvalue weighted by atomic mass is 10.2. The molecule has 0 aliphatic rings. The van der Waals surface area contributed by atoms with Gasteiger partial charge in [0, 0.05) is 6.20 Å². The fourth-order valence-corrected chi connectivity index (χ4v) is 2.74. The molecule has 2 N–H and O–H groups in total. The van der Waals surface area contributed by atoms with Crippen LogP contribution in [0, 0.1) is 6.92 Å². The van der Waals surface area contributed by atoms with Crippen molar-refractivity contribution in [2.75, 3.05) is 0 Å². The van der Waals surface area contributed by atoms with Gasteiger partial charge in [0.15, 0.2) is 5.16 Å². The van der Waals surface area contributed by atoms with Crippen LogP contribution < -0.4 is 0 Å². The number of H-pyrrole nitrogens is 1. The summed E-state index contributed by atoms with van der Waals surface area (Å²) in [5.74, 6) is -0.993. The van der Waals surface area contributed by atoms with Gasteiger partial charge >= 0.3 is 5.97 Å². The highest BCUT2D eigenvalue weighted by Crippen LogP contribution is 2.28. The predicted molar refractivity (Wildman–Crippen MR) is 83.4 cm³/mol. The quantitative estimate of drug-likeness (QED) is 0.771. The summed E-state index contributed by atoms with van der Waals surface area (Å²) in [5, 5.41) is 10.2. The summed E-state index contributed by atoms with van der Waals surface area (Å²) in [6.45, 7) is 2.01. The highest BCUT2D eigenvalue weighted by atomic mass is 35.5. The summed E-state index contributed by atoms with van der Waals surface area (Å²) < 4.78 is 0. The number of hydrogen-bond donors (Lipinski definition) is 2. The number of pyridine rings is 1. The van der Waals surface area contributed by atoms with Crippen molar-refractivity contribution >= 4 is 41.2 Å². The van der Waals surface area contributed by atoms with Crippen LogP contribution in [0.1, 0.15) is 15.9 Å². The standard InChI is InChI=1S/C14H11N3O2S.ClH/c1-8-4-5-10-11(7-8)17-14(16-10)20-12-9(13(18)19)3-2-6-15-12;/h2-7H,1H3,(H,16,17)(H,18,19);1H. The van der Waals surface area contributed by atoms with Gasteiger partial charge in [-0.1, -0.05) is 6.07 Å². The van der Waals surface area contributed by atoms with Gasteiger partial charge in [0.1, 0.15) is 5.03 Å². The van der Waals surface area contributed by atoms with Gasteiger partial charge in [0.2, 0.25) is 0 Å². The highest BCUT2D eigenvalue weighted by Gasteiger charge is 2.13. The number of aromatic nitrogens is 3. The van der Waals surface area contributed by atoms with Gasteiger partial charge in [0.05, 0.1) is 16.6 Å². The number of carboxylic acid groups (broad SMARTS) is 1. The summed E-state index contributed by atoms with van der Waals surface area (Å²) in [5.41, 5.74) is 3.10. The Balaban J connectivity index is 0.00000161. The topological polar surface area (TPSA) is 78.9 Å². The molecule has 7 heteroatoms. The molecule has 0 radical (unpaired) electrons. The normalized spacial score (nSPS) is 10.3. The third kappa shape index (κ3) is 3.17. The molecule has 0 spiro atoms. The molecule has 2 aromatic heterocycles. The third-order valence-electron chi connectivity index (χ3n) is 2.81. The van der Waals surface area contributed by atoms with E-state index >= 15 is 0 Å². The second kappa shape index (κ2) is 6.15. The first-order valence-corrected chi connectivity index (χ1v) is 6.77. The molecule has 0 bridgehead atoms. The van der Waals surface area contributed by atoms with Crippen molar-refractivity contribution < 1.29 is 9.90 Å². The third-order valence-corrected chi connectivity index (χ3v) is 3.72. The zero-order valence-corrected chi connectivity index (χ0v) is 12.7. The Labute approximate surface area is 131 Å². The van der Waals surface area contributed by atoms with E-state index in [1.165, 1.54) is 17.8 Å². The maximum atomic E-state index is 11.1. The fraction of sp³-hybridized carbons (Fsp3) is 0.0714. The van der Waals surface area contributed by atoms with Gasteiger partial charge in [-0.25, -0.2) is 14.8 Å². The Morgan fingerprint density at radius 3 is 2.90 bits per heavy atom. The number of fused-ring (bicyclic) bond motifs is 1. The number of hydrogen-bond acceptors (Lipinski definition) is 4. The van der Waals surface area contributed by atoms with Crippen LogP contribution in [0.3, 0.4) is 0 Å². The molecule has 0 aliphatic carbocycles. The lowest BCUT2D eigenvalue weighted by molar-refractivity contribution is 0.0692. The number of nitrogens with zero attached hydrogens (tertiary/aromatic N) is 2. The maximum Gasteiger partial charge on any atom is 0.338 e. The van der Waals surface area contributed by atoms with Crippen molar-refractivity contribution in [3.8, 4) is 0 Å². The Morgan fingerprint density at radius 2 is 2.14 bits per heavy atom. The Morgan fingerprint density at radius 1 is 1.33 bits per heavy atom. The molecule has 0 fully saturated rings. The second-order valence-electron chi connectivity index (χ2n) is 4.33. The molecule has 3 rings (SSSR count). The van der Waals surface area contributed by atoms with Crippen LogP contribution in [0.15, 0.2) is 46.7 Å². The Hall–Kier alpha value is -2.05. The molecule has 3 aromatic rings. The zero-order chi connectivity index (χ0) is 14.1. The molecular formula is C14H12ClN3O2S. The van der Waals surface area contributed by atoms with Crippen LogP contribution >= 0.6 is 24.2 Å². The largest absolute Gasteiger partial charge is 0.478 e. The van der Waals surface area contributed by atoms with E-state index in [1.807, 2.05) is 25.1 Å². The highest BCUT2D eigenvalue weighted by molar-refractivity contribution is 7.99. The van der Waals surface area contributed by atoms with Gasteiger partial charge in [-0.15, -0.1) is 12.4 Å². The maximum absolute atomic E-state index is 11.1. The van der Waals surface area contributed by atoms with Crippen molar-refractivity contribution in [1.29, 1.82) is 0 Å². The van der Waals surface area contributed by atoms with Crippen molar-refractivity contribution in [2.24, 2.45) is 0 Å². The van der Waals surface area contributed by atoms with Crippen molar-refractivity contribution in [3.05, 3.63) is 47.7 Å². The average Bonchev–Trinajstić information content (AvgIpc) is 2.80. The number of rotatable bonds is 3. The molecule has 0 saturated heterocycles. The van der Waals surface area contributed by atoms with Gasteiger partial charge in [0.25, 0.3) is 0 Å². The minimum atomic E-state index is -0.993. The fourth-order valence-electron chi connectivity index (χ4n) is 1.87. The van der Waals surface area contributed by atoms with Crippen LogP contribution in [0.5, 0.6) is 0 Å². The molecule has 0 amide bonds. The molecular weight excluding hydrogens is 310 g/mol. The van der Waals surface area contributed by atoms with Gasteiger partial charge in [-0.3, -0.25) is 0 Å². The van der Waals surface area contributed by atoms with E-state index in [2.05, 4.69) is 15.0 Å². The van der Waals surface area contributed by atoms with Crippen molar-refractivity contribution in [3.63, 3.8) is 0 Å². The summed E-state index contributed by atoms with van der Waals surface area (Å²) in [6, 6.07) is 9.06. The summed E-state index contributed by atoms with van der Waals surface area (Å²) in [4.78, 5) is 22.8. The summed E-state index contributed by atoms with van der Waals surface area (Å²) in [7, 11) is 0. The van der Waals surface area contributed by atoms with Gasteiger partial charge < -0.3 is 10.1 Å². The molecule has 1 aromatic carbocycles. The van der Waals surface area contributed by atoms with Gasteiger partial charge in [-0.2, -0.15) is 0 Å². The molecule has 21 heavy (non-hydrogen) atoms. The number of aryl methyl sites for hydroxylation is 1. The van der Waals surface area contributed by atoms with Crippen LogP contribution in [-0.4, -0.2) is 26.0 Å². The molecule has 108 valence electrons. The number of carbonyl (C=O) groups is 1. The zero-order valence-electron chi connectivity index (χ0n) is 11.0. The predicted octanol–water partition coefficient (Wildman–Crippen LogP) is 3.54. The monoisotopic (exact) mass is 321 g/mol. The number of carboxylic acids is 1. The van der Waals surface area contributed by atoms with E-state index in [9.17, 15) is 4.79 Å². The first-order chi connectivity index (χ1) is 9.63. The average molecular weight is 322 g/mol. The number of aromatic amines is 1. The van der Waals surface area contributed by atoms with E-state index in [1.54, 1.807) is 12.3 Å². The molecule has 5 nitrogen and oxygen atoms in total. The SMILES string of the molecule is Cc1ccc2nc(Sc3ncccc3C(=O)O)[nH]c2c1.Cl. The number of benzene rings is 1. The Bertz CT molecular complexity index is 804. The number of halogens is 1. The molecule has 0 aliphatic heterocycles. The molecule has 0 saturated carbocycles. The first kappa shape index (κ1) is 15.3. The van der Waals surface area contributed by atoms with Crippen molar-refractivity contribution in [1.82, 2.24) is 15.0 Å². The van der Waals surface area contributed by atoms with Crippen LogP contribution in [0.2, 0.25) is 0 Å². The van der Waals surface area contributed by atoms with Crippen LogP contribution in [0.4, 0.5) is 0 Å². The van der Waals surface area contributed by atoms with E-state index in [0.29, 0.717) is 10.2 Å². The van der Waals surface area contributed by atoms with Crippen molar-refractivity contribution in [2.45, 2.75) is 17.1 Å². The Kier molecular flexibility index (Phi) is 4.50. The van der Waals surface area contributed by atoms with Gasteiger partial charge in [-0.05, 0) is 48.5 Å². The summed E-state index contributed by atoms with van der Waals surface area (Å²) in [6.07, 6.45) is 1.57. The van der Waals surface area contributed by atoms with E-state index in [-0.39, 0.29) is 18.0 Å². The minimum Gasteiger partial charge on any atom is -0.478 e. The lowest BCUT2D eigenvalue weighted by Gasteiger charge is -2.01. The second-order valence-corrected chi connectivity index (χ2v) is 5.30. The van der Waals surface area contributed by atoms with E-state index in [4.69, 9.17) is 5.11 Å². The van der Waals surface area contributed by atoms with E-state index < -0.39 is 5.97 Å². The molecule has 2 heterocycles. The lowest BCUT2D eigenvalue weighted by Crippen LogP contribution is -2.00. The van der Waals surface area contributed by atoms with Crippen LogP contribution in [0.25, 0.3) is 11.0 Å². The van der Waals surface area contributed by atoms with Crippen LogP contribution in [-0.2, 0) is 0 Å². The number of aromatic carboxylic acids is 1. The smallest absolute Gasteiger partial charge is 0.338 e. The first-order valence-electron chi connectivity index (χ1n) is 5.96. The minimum absolute atomic E-state index is 0. The number of nitrogens with one attached hydrogen (secondary N) is 1. The van der Waals surface area contributed by atoms with E-state index in [0.717, 1.165) is 16.6 Å². The summed E-state index contributed by atoms with van der Waals surface area (Å²) >= 11 is 1.22.